The van der Waals surface area contributed by atoms with E-state index < -0.39 is 11.8 Å². The van der Waals surface area contributed by atoms with Crippen molar-refractivity contribution in [1.82, 2.24) is 10.1 Å². The van der Waals surface area contributed by atoms with Crippen molar-refractivity contribution in [2.45, 2.75) is 6.92 Å². The lowest BCUT2D eigenvalue weighted by Crippen LogP contribution is -1.85. The van der Waals surface area contributed by atoms with Gasteiger partial charge in [-0.05, 0) is 24.1 Å². The Balaban J connectivity index is 0.000000345. The normalized spacial score (nSPS) is 11.0. The summed E-state index contributed by atoms with van der Waals surface area (Å²) in [5.41, 5.74) is 2.56. The first-order valence-electron chi connectivity index (χ1n) is 8.26. The van der Waals surface area contributed by atoms with Crippen LogP contribution in [0.5, 0.6) is 0 Å². The van der Waals surface area contributed by atoms with Crippen LogP contribution in [-0.2, 0) is 9.53 Å². The molecule has 3 aromatic rings. The highest BCUT2D eigenvalue weighted by molar-refractivity contribution is 5.79. The third-order valence-electron chi connectivity index (χ3n) is 3.48. The highest BCUT2D eigenvalue weighted by Crippen LogP contribution is 2.22. The summed E-state index contributed by atoms with van der Waals surface area (Å²) < 4.78 is 23.5. The lowest BCUT2D eigenvalue weighted by atomic mass is 10.1. The summed E-state index contributed by atoms with van der Waals surface area (Å²) in [6, 6.07) is 16.8. The maximum absolute atomic E-state index is 14.2. The standard InChI is InChI=1S/C17H13FN2O.C4H6O3/c1-12-7-5-6-10-14(12)11-15(18)17-19-16(20-21-17)13-8-3-2-4-9-13;1-7-3-2-4(5)6/h2-11H,1H3;2-3H,1H3,(H,5,6). The van der Waals surface area contributed by atoms with Gasteiger partial charge in [-0.1, -0.05) is 59.8 Å². The molecule has 0 fully saturated rings. The molecule has 0 aliphatic rings. The molecule has 0 bridgehead atoms. The van der Waals surface area contributed by atoms with Crippen LogP contribution in [0.15, 0.2) is 71.5 Å². The molecule has 7 heteroatoms. The fourth-order valence-corrected chi connectivity index (χ4v) is 2.10. The van der Waals surface area contributed by atoms with E-state index in [1.807, 2.05) is 61.5 Å². The number of aliphatic carboxylic acids is 1. The maximum Gasteiger partial charge on any atom is 0.331 e. The van der Waals surface area contributed by atoms with E-state index in [1.54, 1.807) is 0 Å². The van der Waals surface area contributed by atoms with E-state index in [0.717, 1.165) is 29.0 Å². The fourth-order valence-electron chi connectivity index (χ4n) is 2.10. The minimum Gasteiger partial charge on any atom is -0.504 e. The fraction of sp³-hybridized carbons (Fsp3) is 0.0952. The second-order valence-corrected chi connectivity index (χ2v) is 5.51. The van der Waals surface area contributed by atoms with E-state index in [2.05, 4.69) is 14.9 Å². The molecule has 0 aliphatic carbocycles. The molecule has 0 aliphatic heterocycles. The quantitative estimate of drug-likeness (QED) is 0.507. The number of nitrogens with zero attached hydrogens (tertiary/aromatic N) is 2. The monoisotopic (exact) mass is 382 g/mol. The molecule has 2 aromatic carbocycles. The van der Waals surface area contributed by atoms with Crippen molar-refractivity contribution < 1.29 is 23.6 Å². The van der Waals surface area contributed by atoms with E-state index >= 15 is 0 Å². The third kappa shape index (κ3) is 6.21. The zero-order chi connectivity index (χ0) is 20.4. The number of carboxylic acids is 1. The number of ether oxygens (including phenoxy) is 1. The van der Waals surface area contributed by atoms with Gasteiger partial charge in [-0.2, -0.15) is 4.98 Å². The second-order valence-electron chi connectivity index (χ2n) is 5.51. The van der Waals surface area contributed by atoms with Crippen LogP contribution in [0.4, 0.5) is 4.39 Å². The highest BCUT2D eigenvalue weighted by atomic mass is 19.1. The Kier molecular flexibility index (Phi) is 7.65. The second kappa shape index (κ2) is 10.4. The molecule has 3 rings (SSSR count). The number of carboxylic acid groups (broad SMARTS) is 1. The molecular formula is C21H19FN2O4. The van der Waals surface area contributed by atoms with Crippen LogP contribution in [-0.4, -0.2) is 28.3 Å². The molecule has 0 radical (unpaired) electrons. The average Bonchev–Trinajstić information content (AvgIpc) is 3.20. The van der Waals surface area contributed by atoms with Crippen molar-refractivity contribution in [3.05, 3.63) is 84.0 Å². The number of benzene rings is 2. The number of methoxy groups -OCH3 is 1. The molecular weight excluding hydrogens is 363 g/mol. The molecule has 0 saturated carbocycles. The molecule has 1 N–H and O–H groups in total. The van der Waals surface area contributed by atoms with Gasteiger partial charge in [0.25, 0.3) is 5.89 Å². The number of aromatic nitrogens is 2. The summed E-state index contributed by atoms with van der Waals surface area (Å²) in [7, 11) is 1.39. The van der Waals surface area contributed by atoms with E-state index in [4.69, 9.17) is 9.63 Å². The SMILES string of the molecule is COC=CC(=O)O.Cc1ccccc1C=C(F)c1nc(-c2ccccc2)no1. The van der Waals surface area contributed by atoms with Crippen molar-refractivity contribution in [1.29, 1.82) is 0 Å². The predicted molar refractivity (Wildman–Crippen MR) is 104 cm³/mol. The Morgan fingerprint density at radius 3 is 2.43 bits per heavy atom. The topological polar surface area (TPSA) is 85.5 Å². The lowest BCUT2D eigenvalue weighted by Gasteiger charge is -1.98. The zero-order valence-corrected chi connectivity index (χ0v) is 15.4. The lowest BCUT2D eigenvalue weighted by molar-refractivity contribution is -0.131. The highest BCUT2D eigenvalue weighted by Gasteiger charge is 2.12. The van der Waals surface area contributed by atoms with Crippen LogP contribution >= 0.6 is 0 Å². The molecule has 0 amide bonds. The Labute approximate surface area is 161 Å². The first-order valence-corrected chi connectivity index (χ1v) is 8.26. The van der Waals surface area contributed by atoms with Gasteiger partial charge in [0.15, 0.2) is 5.83 Å². The molecule has 144 valence electrons. The van der Waals surface area contributed by atoms with Gasteiger partial charge in [0.05, 0.1) is 19.4 Å². The van der Waals surface area contributed by atoms with Gasteiger partial charge < -0.3 is 14.4 Å². The van der Waals surface area contributed by atoms with Crippen molar-refractivity contribution in [3.8, 4) is 11.4 Å². The number of rotatable bonds is 5. The molecule has 28 heavy (non-hydrogen) atoms. The van der Waals surface area contributed by atoms with Crippen LogP contribution in [0.2, 0.25) is 0 Å². The maximum atomic E-state index is 14.2. The van der Waals surface area contributed by atoms with Gasteiger partial charge >= 0.3 is 5.97 Å². The van der Waals surface area contributed by atoms with Gasteiger partial charge in [0.2, 0.25) is 5.82 Å². The Morgan fingerprint density at radius 2 is 1.82 bits per heavy atom. The van der Waals surface area contributed by atoms with Crippen LogP contribution in [0, 0.1) is 6.92 Å². The number of aryl methyl sites for hydroxylation is 1. The van der Waals surface area contributed by atoms with Crippen LogP contribution in [0.1, 0.15) is 17.0 Å². The number of halogens is 1. The summed E-state index contributed by atoms with van der Waals surface area (Å²) >= 11 is 0. The van der Waals surface area contributed by atoms with Crippen molar-refractivity contribution >= 4 is 17.9 Å². The summed E-state index contributed by atoms with van der Waals surface area (Å²) in [5.74, 6) is -1.28. The number of carbonyl (C=O) groups is 1. The Bertz CT molecular complexity index is 965. The average molecular weight is 382 g/mol. The van der Waals surface area contributed by atoms with Crippen LogP contribution in [0.25, 0.3) is 23.3 Å². The first kappa shape index (κ1) is 20.6. The van der Waals surface area contributed by atoms with Crippen molar-refractivity contribution in [3.63, 3.8) is 0 Å². The Morgan fingerprint density at radius 1 is 1.14 bits per heavy atom. The Hall–Kier alpha value is -3.74. The molecule has 1 heterocycles. The minimum atomic E-state index is -0.998. The summed E-state index contributed by atoms with van der Waals surface area (Å²) in [6.45, 7) is 1.92. The van der Waals surface area contributed by atoms with Gasteiger partial charge in [-0.25, -0.2) is 9.18 Å². The summed E-state index contributed by atoms with van der Waals surface area (Å²) in [5, 5.41) is 11.7. The predicted octanol–water partition coefficient (Wildman–Crippen LogP) is 4.74. The summed E-state index contributed by atoms with van der Waals surface area (Å²) in [4.78, 5) is 13.7. The molecule has 0 saturated heterocycles. The van der Waals surface area contributed by atoms with Crippen LogP contribution in [0.3, 0.4) is 0 Å². The van der Waals surface area contributed by atoms with Crippen LogP contribution < -0.4 is 0 Å². The van der Waals surface area contributed by atoms with Gasteiger partial charge in [0.1, 0.15) is 0 Å². The van der Waals surface area contributed by atoms with Gasteiger partial charge in [-0.3, -0.25) is 0 Å². The van der Waals surface area contributed by atoms with E-state index in [-0.39, 0.29) is 5.89 Å². The first-order chi connectivity index (χ1) is 13.5. The van der Waals surface area contributed by atoms with Crippen molar-refractivity contribution in [2.24, 2.45) is 0 Å². The summed E-state index contributed by atoms with van der Waals surface area (Å²) in [6.07, 6.45) is 3.42. The molecule has 0 spiro atoms. The number of hydrogen-bond donors (Lipinski definition) is 1. The molecule has 0 unspecified atom stereocenters. The van der Waals surface area contributed by atoms with E-state index in [1.165, 1.54) is 13.2 Å². The minimum absolute atomic E-state index is 0.114. The molecule has 1 aromatic heterocycles. The van der Waals surface area contributed by atoms with Crippen molar-refractivity contribution in [2.75, 3.05) is 7.11 Å². The molecule has 0 atom stereocenters. The van der Waals surface area contributed by atoms with E-state index in [0.29, 0.717) is 5.82 Å². The smallest absolute Gasteiger partial charge is 0.331 e. The zero-order valence-electron chi connectivity index (χ0n) is 15.4. The van der Waals surface area contributed by atoms with Gasteiger partial charge in [0, 0.05) is 5.56 Å². The van der Waals surface area contributed by atoms with E-state index in [9.17, 15) is 9.18 Å². The third-order valence-corrected chi connectivity index (χ3v) is 3.48. The molecule has 6 nitrogen and oxygen atoms in total. The van der Waals surface area contributed by atoms with Gasteiger partial charge in [-0.15, -0.1) is 0 Å². The largest absolute Gasteiger partial charge is 0.504 e. The number of hydrogen-bond acceptors (Lipinski definition) is 5.